The quantitative estimate of drug-likeness (QED) is 0.0592. The number of oxime groups is 1. The van der Waals surface area contributed by atoms with Crippen LogP contribution in [0.15, 0.2) is 84.0 Å². The highest BCUT2D eigenvalue weighted by atomic mass is 32.1. The van der Waals surface area contributed by atoms with Crippen LogP contribution in [0.2, 0.25) is 0 Å². The molecule has 0 aliphatic heterocycles. The second-order valence-electron chi connectivity index (χ2n) is 9.19. The molecule has 4 rings (SSSR count). The monoisotopic (exact) mass is 544 g/mol. The fraction of sp³-hybridized carbons (Fsp3) is 0.290. The van der Waals surface area contributed by atoms with E-state index in [0.29, 0.717) is 18.8 Å². The van der Waals surface area contributed by atoms with Gasteiger partial charge in [-0.1, -0.05) is 35.5 Å². The van der Waals surface area contributed by atoms with Gasteiger partial charge in [0, 0.05) is 29.1 Å². The van der Waals surface area contributed by atoms with Gasteiger partial charge in [-0.3, -0.25) is 0 Å². The molecule has 3 aromatic carbocycles. The van der Waals surface area contributed by atoms with E-state index in [1.165, 1.54) is 10.4 Å². The van der Waals surface area contributed by atoms with Gasteiger partial charge < -0.3 is 25.3 Å². The van der Waals surface area contributed by atoms with Gasteiger partial charge in [0.05, 0.1) is 18.9 Å². The maximum Gasteiger partial charge on any atom is 0.186 e. The number of rotatable bonds is 14. The summed E-state index contributed by atoms with van der Waals surface area (Å²) in [5, 5.41) is 12.8. The number of aryl methyl sites for hydroxylation is 1. The van der Waals surface area contributed by atoms with E-state index in [9.17, 15) is 0 Å². The van der Waals surface area contributed by atoms with Crippen LogP contribution in [0.3, 0.4) is 0 Å². The average Bonchev–Trinajstić information content (AvgIpc) is 3.37. The molecule has 0 fully saturated rings. The Morgan fingerprint density at radius 2 is 1.51 bits per heavy atom. The zero-order valence-corrected chi connectivity index (χ0v) is 23.4. The lowest BCUT2D eigenvalue weighted by Gasteiger charge is -2.19. The summed E-state index contributed by atoms with van der Waals surface area (Å²) in [6.45, 7) is 7.37. The number of benzene rings is 3. The molecule has 4 aromatic rings. The predicted octanol–water partition coefficient (Wildman–Crippen LogP) is 6.87. The van der Waals surface area contributed by atoms with E-state index < -0.39 is 0 Å². The molecule has 0 bridgehead atoms. The normalized spacial score (nSPS) is 11.4. The summed E-state index contributed by atoms with van der Waals surface area (Å²) in [5.74, 6) is 1.72. The number of ether oxygens (including phenoxy) is 2. The maximum atomic E-state index is 8.73. The van der Waals surface area contributed by atoms with Crippen LogP contribution in [0.25, 0.3) is 11.3 Å². The van der Waals surface area contributed by atoms with Crippen LogP contribution in [0, 0.1) is 6.92 Å². The Morgan fingerprint density at radius 1 is 0.897 bits per heavy atom. The van der Waals surface area contributed by atoms with Crippen molar-refractivity contribution in [3.8, 4) is 22.8 Å². The third-order valence-electron chi connectivity index (χ3n) is 6.37. The van der Waals surface area contributed by atoms with Crippen molar-refractivity contribution in [1.29, 1.82) is 0 Å². The third-order valence-corrected chi connectivity index (χ3v) is 7.40. The number of nitrogens with two attached hydrogens (primary N) is 1. The number of amidine groups is 1. The summed E-state index contributed by atoms with van der Waals surface area (Å²) in [5.41, 5.74) is 9.66. The lowest BCUT2D eigenvalue weighted by Crippen LogP contribution is -2.21. The van der Waals surface area contributed by atoms with E-state index in [-0.39, 0.29) is 5.84 Å². The number of aromatic nitrogens is 1. The highest BCUT2D eigenvalue weighted by Crippen LogP contribution is 2.33. The van der Waals surface area contributed by atoms with Crippen LogP contribution in [-0.4, -0.2) is 35.8 Å². The molecule has 8 heteroatoms. The lowest BCUT2D eigenvalue weighted by molar-refractivity contribution is 0.279. The fourth-order valence-corrected chi connectivity index (χ4v) is 5.15. The van der Waals surface area contributed by atoms with Gasteiger partial charge in [0.15, 0.2) is 11.0 Å². The summed E-state index contributed by atoms with van der Waals surface area (Å²) in [7, 11) is 0. The van der Waals surface area contributed by atoms with Crippen molar-refractivity contribution < 1.29 is 14.7 Å². The molecule has 0 atom stereocenters. The van der Waals surface area contributed by atoms with E-state index in [2.05, 4.69) is 60.3 Å². The highest BCUT2D eigenvalue weighted by Gasteiger charge is 2.15. The average molecular weight is 545 g/mol. The highest BCUT2D eigenvalue weighted by molar-refractivity contribution is 7.16. The number of hydrogen-bond donors (Lipinski definition) is 2. The third kappa shape index (κ3) is 7.97. The van der Waals surface area contributed by atoms with Crippen LogP contribution in [0.5, 0.6) is 11.5 Å². The minimum Gasteiger partial charge on any atom is -0.494 e. The summed E-state index contributed by atoms with van der Waals surface area (Å²) in [4.78, 5) is 8.52. The first-order valence-electron chi connectivity index (χ1n) is 13.3. The Morgan fingerprint density at radius 3 is 2.10 bits per heavy atom. The topological polar surface area (TPSA) is 93.2 Å². The molecule has 0 radical (unpaired) electrons. The second kappa shape index (κ2) is 14.2. The first kappa shape index (κ1) is 28.0. The molecule has 0 spiro atoms. The van der Waals surface area contributed by atoms with Gasteiger partial charge in [0.25, 0.3) is 0 Å². The minimum absolute atomic E-state index is 0.0846. The van der Waals surface area contributed by atoms with Crippen molar-refractivity contribution in [1.82, 2.24) is 4.98 Å². The van der Waals surface area contributed by atoms with Crippen LogP contribution in [0.4, 0.5) is 5.13 Å². The molecule has 0 saturated carbocycles. The van der Waals surface area contributed by atoms with E-state index in [0.717, 1.165) is 60.2 Å². The number of anilines is 1. The van der Waals surface area contributed by atoms with E-state index in [4.69, 9.17) is 25.4 Å². The molecule has 0 amide bonds. The summed E-state index contributed by atoms with van der Waals surface area (Å²) in [6.07, 6.45) is 2.91. The molecular weight excluding hydrogens is 508 g/mol. The largest absolute Gasteiger partial charge is 0.494 e. The first-order chi connectivity index (χ1) is 19.1. The molecule has 0 aliphatic rings. The zero-order valence-electron chi connectivity index (χ0n) is 22.5. The predicted molar refractivity (Wildman–Crippen MR) is 159 cm³/mol. The fourth-order valence-electron chi connectivity index (χ4n) is 4.15. The maximum absolute atomic E-state index is 8.73. The molecule has 1 aromatic heterocycles. The molecule has 7 nitrogen and oxygen atoms in total. The molecule has 0 unspecified atom stereocenters. The van der Waals surface area contributed by atoms with Gasteiger partial charge in [-0.2, -0.15) is 0 Å². The van der Waals surface area contributed by atoms with Crippen LogP contribution < -0.4 is 20.1 Å². The zero-order chi connectivity index (χ0) is 27.5. The van der Waals surface area contributed by atoms with Crippen molar-refractivity contribution in [2.45, 2.75) is 39.7 Å². The van der Waals surface area contributed by atoms with Crippen molar-refractivity contribution in [2.24, 2.45) is 10.9 Å². The Hall–Kier alpha value is -4.04. The summed E-state index contributed by atoms with van der Waals surface area (Å²) < 4.78 is 11.7. The van der Waals surface area contributed by atoms with Gasteiger partial charge in [0.1, 0.15) is 11.5 Å². The molecule has 0 aliphatic carbocycles. The van der Waals surface area contributed by atoms with Crippen molar-refractivity contribution in [2.75, 3.05) is 24.7 Å². The Labute approximate surface area is 234 Å². The molecular formula is C31H36N4O3S. The number of nitrogens with zero attached hydrogens (tertiary/aromatic N) is 3. The number of thiazole rings is 1. The molecule has 204 valence electrons. The molecule has 39 heavy (non-hydrogen) atoms. The van der Waals surface area contributed by atoms with Gasteiger partial charge >= 0.3 is 0 Å². The minimum atomic E-state index is 0.0846. The summed E-state index contributed by atoms with van der Waals surface area (Å²) in [6, 6.07) is 25.9. The van der Waals surface area contributed by atoms with Gasteiger partial charge in [-0.05, 0) is 87.2 Å². The van der Waals surface area contributed by atoms with Crippen LogP contribution in [0.1, 0.15) is 42.2 Å². The van der Waals surface area contributed by atoms with Crippen molar-refractivity contribution >= 4 is 22.3 Å². The Kier molecular flexibility index (Phi) is 10.2. The van der Waals surface area contributed by atoms with E-state index in [1.807, 2.05) is 30.3 Å². The first-order valence-corrected chi connectivity index (χ1v) is 14.1. The van der Waals surface area contributed by atoms with E-state index in [1.54, 1.807) is 23.5 Å². The van der Waals surface area contributed by atoms with Gasteiger partial charge in [-0.15, -0.1) is 11.3 Å². The Balaban J connectivity index is 1.19. The van der Waals surface area contributed by atoms with Gasteiger partial charge in [0.2, 0.25) is 0 Å². The smallest absolute Gasteiger partial charge is 0.186 e. The molecule has 0 saturated heterocycles. The van der Waals surface area contributed by atoms with Crippen LogP contribution in [-0.2, 0) is 6.54 Å². The molecule has 3 N–H and O–H groups in total. The van der Waals surface area contributed by atoms with Gasteiger partial charge in [-0.25, -0.2) is 4.98 Å². The lowest BCUT2D eigenvalue weighted by atomic mass is 10.1. The van der Waals surface area contributed by atoms with Crippen molar-refractivity contribution in [3.63, 3.8) is 0 Å². The van der Waals surface area contributed by atoms with Crippen LogP contribution >= 0.6 is 11.3 Å². The van der Waals surface area contributed by atoms with E-state index >= 15 is 0 Å². The summed E-state index contributed by atoms with van der Waals surface area (Å²) >= 11 is 1.74. The number of unbranched alkanes of at least 4 members (excludes halogenated alkanes) is 2. The number of hydrogen-bond acceptors (Lipinski definition) is 7. The molecule has 1 heterocycles. The standard InChI is InChI=1S/C31H36N4O3S/c1-3-35(22-24-10-6-4-7-11-24)31-33-29(23(2)39-31)25-12-16-27(17-13-25)37-20-8-5-9-21-38-28-18-14-26(15-19-28)30(32)34-36/h4,6-7,10-19,36H,3,5,8-9,20-22H2,1-2H3,(H2,32,34). The SMILES string of the molecule is CCN(Cc1ccccc1)c1nc(-c2ccc(OCCCCCOc3ccc(C(N)=NO)cc3)cc2)c(C)s1. The second-order valence-corrected chi connectivity index (χ2v) is 10.4. The van der Waals surface area contributed by atoms with Crippen molar-refractivity contribution in [3.05, 3.63) is 94.9 Å². The Bertz CT molecular complexity index is 1320.